The summed E-state index contributed by atoms with van der Waals surface area (Å²) < 4.78 is 22.3. The Morgan fingerprint density at radius 3 is 2.43 bits per heavy atom. The Bertz CT molecular complexity index is 745. The van der Waals surface area contributed by atoms with Gasteiger partial charge in [-0.25, -0.2) is 4.79 Å². The van der Waals surface area contributed by atoms with Gasteiger partial charge in [-0.05, 0) is 39.2 Å². The van der Waals surface area contributed by atoms with Crippen molar-refractivity contribution in [3.63, 3.8) is 0 Å². The van der Waals surface area contributed by atoms with Crippen LogP contribution in [0.25, 0.3) is 0 Å². The summed E-state index contributed by atoms with van der Waals surface area (Å²) in [6, 6.07) is 0. The van der Waals surface area contributed by atoms with Crippen molar-refractivity contribution in [3.8, 4) is 0 Å². The van der Waals surface area contributed by atoms with Gasteiger partial charge in [-0.1, -0.05) is 6.42 Å². The number of amides is 1. The molecule has 0 aromatic carbocycles. The van der Waals surface area contributed by atoms with Crippen LogP contribution < -0.4 is 0 Å². The van der Waals surface area contributed by atoms with E-state index in [1.807, 2.05) is 4.90 Å². The SMILES string of the molecule is C[C@H](O)C(CO)O[C@H](OCCN(CCCCCC(=O)ON(C)C(=O)CCC=O)CCOC1OCCCC1O)C(O)CO. The number of aldehydes is 1. The van der Waals surface area contributed by atoms with Gasteiger partial charge >= 0.3 is 5.97 Å². The summed E-state index contributed by atoms with van der Waals surface area (Å²) in [6.07, 6.45) is -2.05. The highest BCUT2D eigenvalue weighted by molar-refractivity contribution is 5.79. The first kappa shape index (κ1) is 38.2. The Labute approximate surface area is 247 Å². The highest BCUT2D eigenvalue weighted by Crippen LogP contribution is 2.15. The maximum Gasteiger partial charge on any atom is 0.332 e. The number of hydrogen-bond donors (Lipinski definition) is 5. The number of rotatable bonds is 23. The largest absolute Gasteiger partial charge is 0.394 e. The Hall–Kier alpha value is -1.79. The highest BCUT2D eigenvalue weighted by atomic mass is 16.7. The van der Waals surface area contributed by atoms with Crippen LogP contribution in [-0.4, -0.2) is 150 Å². The quantitative estimate of drug-likeness (QED) is 0.0395. The van der Waals surface area contributed by atoms with Crippen molar-refractivity contribution in [2.24, 2.45) is 0 Å². The smallest absolute Gasteiger partial charge is 0.332 e. The van der Waals surface area contributed by atoms with Gasteiger partial charge in [-0.2, -0.15) is 5.06 Å². The number of aliphatic hydroxyl groups is 5. The summed E-state index contributed by atoms with van der Waals surface area (Å²) in [5, 5.41) is 49.5. The van der Waals surface area contributed by atoms with E-state index in [2.05, 4.69) is 0 Å². The van der Waals surface area contributed by atoms with E-state index in [0.717, 1.165) is 11.5 Å². The molecule has 0 saturated carbocycles. The molecule has 246 valence electrons. The third-order valence-electron chi connectivity index (χ3n) is 6.57. The first-order chi connectivity index (χ1) is 20.1. The Morgan fingerprint density at radius 1 is 1.05 bits per heavy atom. The molecule has 42 heavy (non-hydrogen) atoms. The fourth-order valence-electron chi connectivity index (χ4n) is 4.01. The molecule has 15 nitrogen and oxygen atoms in total. The van der Waals surface area contributed by atoms with E-state index in [4.69, 9.17) is 23.8 Å². The molecule has 1 fully saturated rings. The van der Waals surface area contributed by atoms with Crippen LogP contribution in [0.1, 0.15) is 58.3 Å². The van der Waals surface area contributed by atoms with Crippen molar-refractivity contribution in [1.29, 1.82) is 0 Å². The Morgan fingerprint density at radius 2 is 1.79 bits per heavy atom. The lowest BCUT2D eigenvalue weighted by Crippen LogP contribution is -2.43. The third-order valence-corrected chi connectivity index (χ3v) is 6.57. The van der Waals surface area contributed by atoms with Crippen LogP contribution in [0.3, 0.4) is 0 Å². The first-order valence-corrected chi connectivity index (χ1v) is 14.5. The summed E-state index contributed by atoms with van der Waals surface area (Å²) in [6.45, 7) is 2.58. The van der Waals surface area contributed by atoms with Crippen molar-refractivity contribution >= 4 is 18.2 Å². The third kappa shape index (κ3) is 16.2. The van der Waals surface area contributed by atoms with Gasteiger partial charge in [0, 0.05) is 46.0 Å². The fourth-order valence-corrected chi connectivity index (χ4v) is 4.01. The van der Waals surface area contributed by atoms with Crippen molar-refractivity contribution in [2.75, 3.05) is 59.7 Å². The van der Waals surface area contributed by atoms with Crippen molar-refractivity contribution in [1.82, 2.24) is 9.96 Å². The predicted octanol–water partition coefficient (Wildman–Crippen LogP) is -1.29. The van der Waals surface area contributed by atoms with Crippen molar-refractivity contribution in [3.05, 3.63) is 0 Å². The molecule has 0 bridgehead atoms. The van der Waals surface area contributed by atoms with E-state index in [1.165, 1.54) is 14.0 Å². The van der Waals surface area contributed by atoms with E-state index < -0.39 is 62.1 Å². The molecule has 0 aromatic rings. The van der Waals surface area contributed by atoms with Crippen LogP contribution in [-0.2, 0) is 38.2 Å². The Balaban J connectivity index is 2.56. The van der Waals surface area contributed by atoms with Crippen LogP contribution in [0.5, 0.6) is 0 Å². The molecule has 1 saturated heterocycles. The molecule has 0 spiro atoms. The molecular weight excluding hydrogens is 560 g/mol. The summed E-state index contributed by atoms with van der Waals surface area (Å²) >= 11 is 0. The molecule has 1 aliphatic heterocycles. The van der Waals surface area contributed by atoms with Crippen LogP contribution in [0.4, 0.5) is 0 Å². The summed E-state index contributed by atoms with van der Waals surface area (Å²) in [7, 11) is 1.33. The molecule has 6 atom stereocenters. The van der Waals surface area contributed by atoms with E-state index >= 15 is 0 Å². The lowest BCUT2D eigenvalue weighted by Gasteiger charge is -2.30. The van der Waals surface area contributed by atoms with E-state index in [0.29, 0.717) is 58.2 Å². The second kappa shape index (κ2) is 22.7. The summed E-state index contributed by atoms with van der Waals surface area (Å²) in [5.41, 5.74) is 0. The molecule has 1 heterocycles. The van der Waals surface area contributed by atoms with E-state index in [-0.39, 0.29) is 32.5 Å². The molecule has 15 heteroatoms. The molecule has 0 aromatic heterocycles. The lowest BCUT2D eigenvalue weighted by molar-refractivity contribution is -0.241. The molecular formula is C27H50N2O13. The van der Waals surface area contributed by atoms with Gasteiger partial charge in [0.2, 0.25) is 0 Å². The minimum absolute atomic E-state index is 0.0310. The number of aliphatic hydroxyl groups excluding tert-OH is 5. The lowest BCUT2D eigenvalue weighted by atomic mass is 10.1. The van der Waals surface area contributed by atoms with Gasteiger partial charge < -0.3 is 54.1 Å². The predicted molar refractivity (Wildman–Crippen MR) is 146 cm³/mol. The molecule has 5 N–H and O–H groups in total. The molecule has 1 amide bonds. The average Bonchev–Trinajstić information content (AvgIpc) is 2.97. The highest BCUT2D eigenvalue weighted by Gasteiger charge is 2.27. The zero-order valence-electron chi connectivity index (χ0n) is 24.8. The number of ether oxygens (including phenoxy) is 4. The van der Waals surface area contributed by atoms with Crippen LogP contribution in [0.2, 0.25) is 0 Å². The maximum absolute atomic E-state index is 12.0. The number of unbranched alkanes of at least 4 members (excludes halogenated alkanes) is 2. The zero-order valence-corrected chi connectivity index (χ0v) is 24.8. The molecule has 0 aliphatic carbocycles. The average molecular weight is 611 g/mol. The van der Waals surface area contributed by atoms with Gasteiger partial charge in [0.05, 0.1) is 32.5 Å². The number of hydroxylamine groups is 2. The van der Waals surface area contributed by atoms with Crippen LogP contribution >= 0.6 is 0 Å². The summed E-state index contributed by atoms with van der Waals surface area (Å²) in [4.78, 5) is 41.2. The number of nitrogens with zero attached hydrogens (tertiary/aromatic N) is 2. The van der Waals surface area contributed by atoms with Gasteiger partial charge in [-0.15, -0.1) is 0 Å². The van der Waals surface area contributed by atoms with Crippen LogP contribution in [0.15, 0.2) is 0 Å². The van der Waals surface area contributed by atoms with Gasteiger partial charge in [-0.3, -0.25) is 9.69 Å². The van der Waals surface area contributed by atoms with Crippen LogP contribution in [0, 0.1) is 0 Å². The summed E-state index contributed by atoms with van der Waals surface area (Å²) in [5.74, 6) is -1.01. The Kier molecular flexibility index (Phi) is 20.7. The molecule has 4 unspecified atom stereocenters. The van der Waals surface area contributed by atoms with Crippen molar-refractivity contribution in [2.45, 2.75) is 95.3 Å². The topological polar surface area (TPSA) is 205 Å². The molecule has 1 rings (SSSR count). The second-order valence-electron chi connectivity index (χ2n) is 10.1. The number of carbonyl (C=O) groups is 3. The van der Waals surface area contributed by atoms with Gasteiger partial charge in [0.25, 0.3) is 5.91 Å². The van der Waals surface area contributed by atoms with Crippen molar-refractivity contribution < 1.29 is 63.7 Å². The molecule has 0 radical (unpaired) electrons. The molecule has 1 aliphatic rings. The van der Waals surface area contributed by atoms with E-state index in [1.54, 1.807) is 0 Å². The van der Waals surface area contributed by atoms with E-state index in [9.17, 15) is 39.9 Å². The number of hydrogen-bond acceptors (Lipinski definition) is 14. The minimum Gasteiger partial charge on any atom is -0.394 e. The fraction of sp³-hybridized carbons (Fsp3) is 0.889. The minimum atomic E-state index is -1.39. The normalized spacial score (nSPS) is 20.1. The van der Waals surface area contributed by atoms with Gasteiger partial charge in [0.15, 0.2) is 12.6 Å². The monoisotopic (exact) mass is 610 g/mol. The standard InChI is InChI=1S/C27H50N2O13/c1-20(33)23(19-32)41-27(22(35)18-31)40-17-13-29(12-16-39-26-21(34)8-7-15-38-26)11-5-3-4-10-25(37)42-28(2)24(36)9-6-14-30/h14,20-23,26-27,31-35H,3-13,15-19H2,1-2H3/t20-,21?,22?,23?,26?,27-/m0/s1. The number of carbonyl (C=O) groups excluding carboxylic acids is 3. The zero-order chi connectivity index (χ0) is 31.3. The maximum atomic E-state index is 12.0. The second-order valence-corrected chi connectivity index (χ2v) is 10.1. The van der Waals surface area contributed by atoms with Gasteiger partial charge in [0.1, 0.15) is 24.6 Å². The first-order valence-electron chi connectivity index (χ1n) is 14.5.